The number of hydrogen-bond acceptors (Lipinski definition) is 5. The fraction of sp³-hybridized carbons (Fsp3) is 0.0556. The van der Waals surface area contributed by atoms with Gasteiger partial charge < -0.3 is 9.15 Å². The van der Waals surface area contributed by atoms with Crippen molar-refractivity contribution in [2.24, 2.45) is 0 Å². The van der Waals surface area contributed by atoms with Gasteiger partial charge in [0, 0.05) is 6.07 Å². The number of furan rings is 1. The van der Waals surface area contributed by atoms with E-state index >= 15 is 0 Å². The van der Waals surface area contributed by atoms with Gasteiger partial charge in [-0.1, -0.05) is 6.07 Å². The summed E-state index contributed by atoms with van der Waals surface area (Å²) in [6.07, 6.45) is 6.57. The number of ether oxygens (including phenoxy) is 1. The average molecular weight is 352 g/mol. The molecule has 1 aromatic heterocycles. The van der Waals surface area contributed by atoms with Crippen LogP contribution in [0.4, 0.5) is 5.69 Å². The van der Waals surface area contributed by atoms with Crippen LogP contribution in [0.3, 0.4) is 0 Å². The van der Waals surface area contributed by atoms with Gasteiger partial charge in [0.25, 0.3) is 11.8 Å². The second kappa shape index (κ2) is 6.63. The number of thiocarbonyl (C=S) groups is 1. The minimum Gasteiger partial charge on any atom is -0.497 e. The van der Waals surface area contributed by atoms with Crippen molar-refractivity contribution in [3.8, 4) is 18.1 Å². The highest BCUT2D eigenvalue weighted by Gasteiger charge is 2.34. The minimum absolute atomic E-state index is 0.0100. The molecule has 7 heteroatoms. The van der Waals surface area contributed by atoms with Crippen molar-refractivity contribution >= 4 is 40.9 Å². The SMILES string of the molecule is C#Cc1ccc(C=C2C(=O)NC(=S)N(c3cccc(OC)c3)C2=O)o1. The summed E-state index contributed by atoms with van der Waals surface area (Å²) in [6.45, 7) is 0. The maximum absolute atomic E-state index is 12.8. The normalized spacial score (nSPS) is 15.9. The van der Waals surface area contributed by atoms with E-state index in [1.807, 2.05) is 0 Å². The third kappa shape index (κ3) is 3.16. The Bertz CT molecular complexity index is 952. The van der Waals surface area contributed by atoms with Crippen molar-refractivity contribution in [3.63, 3.8) is 0 Å². The monoisotopic (exact) mass is 352 g/mol. The van der Waals surface area contributed by atoms with Crippen molar-refractivity contribution in [1.82, 2.24) is 5.32 Å². The second-order valence-electron chi connectivity index (χ2n) is 5.01. The molecule has 1 N–H and O–H groups in total. The van der Waals surface area contributed by atoms with E-state index in [1.54, 1.807) is 36.4 Å². The fourth-order valence-corrected chi connectivity index (χ4v) is 2.57. The lowest BCUT2D eigenvalue weighted by Crippen LogP contribution is -2.54. The predicted molar refractivity (Wildman–Crippen MR) is 95.8 cm³/mol. The van der Waals surface area contributed by atoms with E-state index < -0.39 is 11.8 Å². The first-order valence-electron chi connectivity index (χ1n) is 7.15. The molecule has 1 aliphatic heterocycles. The number of rotatable bonds is 3. The lowest BCUT2D eigenvalue weighted by molar-refractivity contribution is -0.122. The van der Waals surface area contributed by atoms with Gasteiger partial charge in [0.2, 0.25) is 0 Å². The van der Waals surface area contributed by atoms with Crippen molar-refractivity contribution in [2.75, 3.05) is 12.0 Å². The smallest absolute Gasteiger partial charge is 0.270 e. The topological polar surface area (TPSA) is 71.8 Å². The Morgan fingerprint density at radius 1 is 1.32 bits per heavy atom. The van der Waals surface area contributed by atoms with Gasteiger partial charge in [-0.05, 0) is 48.5 Å². The number of benzene rings is 1. The third-order valence-corrected chi connectivity index (χ3v) is 3.75. The molecule has 0 aliphatic carbocycles. The van der Waals surface area contributed by atoms with Crippen molar-refractivity contribution < 1.29 is 18.7 Å². The number of carbonyl (C=O) groups is 2. The van der Waals surface area contributed by atoms with Crippen molar-refractivity contribution in [2.45, 2.75) is 0 Å². The molecule has 1 aromatic carbocycles. The Labute approximate surface area is 149 Å². The zero-order valence-electron chi connectivity index (χ0n) is 13.1. The summed E-state index contributed by atoms with van der Waals surface area (Å²) in [5, 5.41) is 2.48. The van der Waals surface area contributed by atoms with E-state index in [1.165, 1.54) is 18.1 Å². The van der Waals surface area contributed by atoms with Gasteiger partial charge in [0.1, 0.15) is 17.1 Å². The first kappa shape index (κ1) is 16.5. The number of hydrogen-bond donors (Lipinski definition) is 1. The van der Waals surface area contributed by atoms with Crippen LogP contribution in [0.15, 0.2) is 46.4 Å². The molecule has 0 radical (unpaired) electrons. The van der Waals surface area contributed by atoms with Gasteiger partial charge >= 0.3 is 0 Å². The van der Waals surface area contributed by atoms with Crippen LogP contribution in [0.2, 0.25) is 0 Å². The van der Waals surface area contributed by atoms with E-state index in [-0.39, 0.29) is 10.7 Å². The number of terminal acetylenes is 1. The van der Waals surface area contributed by atoms with Crippen molar-refractivity contribution in [3.05, 3.63) is 53.5 Å². The Hall–Kier alpha value is -3.37. The highest BCUT2D eigenvalue weighted by molar-refractivity contribution is 7.80. The van der Waals surface area contributed by atoms with E-state index in [0.29, 0.717) is 23.0 Å². The number of carbonyl (C=O) groups excluding carboxylic acids is 2. The van der Waals surface area contributed by atoms with E-state index in [9.17, 15) is 9.59 Å². The highest BCUT2D eigenvalue weighted by atomic mass is 32.1. The molecule has 2 amide bonds. The standard InChI is InChI=1S/C18H12N2O4S/c1-3-12-7-8-14(24-12)10-15-16(21)19-18(25)20(17(15)22)11-5-4-6-13(9-11)23-2/h1,4-10H,2H3,(H,19,21,25). The van der Waals surface area contributed by atoms with Gasteiger partial charge in [-0.2, -0.15) is 0 Å². The van der Waals surface area contributed by atoms with Crippen LogP contribution in [0.25, 0.3) is 6.08 Å². The quantitative estimate of drug-likeness (QED) is 0.396. The zero-order valence-corrected chi connectivity index (χ0v) is 13.9. The summed E-state index contributed by atoms with van der Waals surface area (Å²) >= 11 is 5.14. The molecule has 1 fully saturated rings. The zero-order chi connectivity index (χ0) is 18.0. The van der Waals surface area contributed by atoms with Crippen LogP contribution in [-0.2, 0) is 9.59 Å². The molecular weight excluding hydrogens is 340 g/mol. The lowest BCUT2D eigenvalue weighted by atomic mass is 10.1. The van der Waals surface area contributed by atoms with Gasteiger partial charge in [-0.15, -0.1) is 6.42 Å². The first-order chi connectivity index (χ1) is 12.0. The molecule has 0 atom stereocenters. The van der Waals surface area contributed by atoms with Gasteiger partial charge in [0.05, 0.1) is 12.8 Å². The van der Waals surface area contributed by atoms with Gasteiger partial charge in [-0.25, -0.2) is 0 Å². The Kier molecular flexibility index (Phi) is 4.37. The average Bonchev–Trinajstić information content (AvgIpc) is 3.06. The van der Waals surface area contributed by atoms with Crippen LogP contribution >= 0.6 is 12.2 Å². The summed E-state index contributed by atoms with van der Waals surface area (Å²) in [5.74, 6) is 2.32. The molecule has 2 aromatic rings. The molecule has 2 heterocycles. The number of nitrogens with one attached hydrogen (secondary N) is 1. The molecule has 0 saturated carbocycles. The number of amides is 2. The highest BCUT2D eigenvalue weighted by Crippen LogP contribution is 2.25. The third-order valence-electron chi connectivity index (χ3n) is 3.47. The van der Waals surface area contributed by atoms with Crippen LogP contribution < -0.4 is 15.0 Å². The fourth-order valence-electron chi connectivity index (χ4n) is 2.29. The summed E-state index contributed by atoms with van der Waals surface area (Å²) < 4.78 is 10.5. The van der Waals surface area contributed by atoms with E-state index in [2.05, 4.69) is 11.2 Å². The second-order valence-corrected chi connectivity index (χ2v) is 5.39. The van der Waals surface area contributed by atoms with Gasteiger partial charge in [0.15, 0.2) is 10.9 Å². The molecule has 124 valence electrons. The Morgan fingerprint density at radius 2 is 2.12 bits per heavy atom. The van der Waals surface area contributed by atoms with Crippen LogP contribution in [-0.4, -0.2) is 24.0 Å². The molecule has 0 spiro atoms. The maximum atomic E-state index is 12.8. The molecule has 25 heavy (non-hydrogen) atoms. The summed E-state index contributed by atoms with van der Waals surface area (Å²) in [6, 6.07) is 9.93. The van der Waals surface area contributed by atoms with Crippen LogP contribution in [0.1, 0.15) is 11.5 Å². The van der Waals surface area contributed by atoms with Crippen LogP contribution in [0, 0.1) is 12.3 Å². The van der Waals surface area contributed by atoms with E-state index in [0.717, 1.165) is 0 Å². The largest absolute Gasteiger partial charge is 0.497 e. The first-order valence-corrected chi connectivity index (χ1v) is 7.56. The molecule has 3 rings (SSSR count). The number of anilines is 1. The molecule has 0 bridgehead atoms. The molecule has 0 unspecified atom stereocenters. The Morgan fingerprint density at radius 3 is 2.80 bits per heavy atom. The number of nitrogens with zero attached hydrogens (tertiary/aromatic N) is 1. The summed E-state index contributed by atoms with van der Waals surface area (Å²) in [4.78, 5) is 26.2. The van der Waals surface area contributed by atoms with Crippen molar-refractivity contribution in [1.29, 1.82) is 0 Å². The summed E-state index contributed by atoms with van der Waals surface area (Å²) in [7, 11) is 1.52. The minimum atomic E-state index is -0.604. The molecule has 1 saturated heterocycles. The lowest BCUT2D eigenvalue weighted by Gasteiger charge is -2.28. The Balaban J connectivity index is 2.00. The predicted octanol–water partition coefficient (Wildman–Crippen LogP) is 2.10. The van der Waals surface area contributed by atoms with Gasteiger partial charge in [-0.3, -0.25) is 19.8 Å². The number of methoxy groups -OCH3 is 1. The molecular formula is C18H12N2O4S. The van der Waals surface area contributed by atoms with E-state index in [4.69, 9.17) is 27.8 Å². The van der Waals surface area contributed by atoms with Crippen LogP contribution in [0.5, 0.6) is 5.75 Å². The molecule has 6 nitrogen and oxygen atoms in total. The maximum Gasteiger partial charge on any atom is 0.270 e. The summed E-state index contributed by atoms with van der Waals surface area (Å²) in [5.41, 5.74) is 0.360. The molecule has 1 aliphatic rings.